The van der Waals surface area contributed by atoms with Crippen molar-refractivity contribution >= 4 is 48.5 Å². The number of benzene rings is 1. The molecular formula is C13H6BrF3N2O3S. The van der Waals surface area contributed by atoms with Gasteiger partial charge < -0.3 is 9.15 Å². The Bertz CT molecular complexity index is 875. The molecule has 0 saturated heterocycles. The van der Waals surface area contributed by atoms with Crippen molar-refractivity contribution in [3.05, 3.63) is 40.8 Å². The number of hydrogen-bond acceptors (Lipinski definition) is 5. The van der Waals surface area contributed by atoms with Crippen LogP contribution in [0.3, 0.4) is 0 Å². The van der Waals surface area contributed by atoms with E-state index in [1.54, 1.807) is 6.07 Å². The molecule has 1 amide bonds. The molecule has 1 N–H and O–H groups in total. The molecule has 0 atom stereocenters. The van der Waals surface area contributed by atoms with Gasteiger partial charge in [-0.25, -0.2) is 4.98 Å². The summed E-state index contributed by atoms with van der Waals surface area (Å²) in [5, 5.41) is 2.76. The minimum atomic E-state index is -4.76. The van der Waals surface area contributed by atoms with Crippen molar-refractivity contribution in [1.29, 1.82) is 0 Å². The number of alkyl halides is 3. The Hall–Kier alpha value is -2.07. The fraction of sp³-hybridized carbons (Fsp3) is 0.0769. The van der Waals surface area contributed by atoms with Gasteiger partial charge in [-0.2, -0.15) is 0 Å². The first-order chi connectivity index (χ1) is 10.8. The molecular weight excluding hydrogens is 401 g/mol. The smallest absolute Gasteiger partial charge is 0.444 e. The highest BCUT2D eigenvalue weighted by Crippen LogP contribution is 2.31. The van der Waals surface area contributed by atoms with Crippen LogP contribution in [0.25, 0.3) is 10.2 Å². The van der Waals surface area contributed by atoms with E-state index in [0.717, 1.165) is 17.4 Å². The van der Waals surface area contributed by atoms with E-state index in [9.17, 15) is 18.0 Å². The van der Waals surface area contributed by atoms with Crippen LogP contribution in [0, 0.1) is 0 Å². The molecule has 10 heteroatoms. The molecule has 0 aliphatic carbocycles. The Morgan fingerprint density at radius 2 is 2.09 bits per heavy atom. The zero-order chi connectivity index (χ0) is 16.6. The highest BCUT2D eigenvalue weighted by Gasteiger charge is 2.31. The van der Waals surface area contributed by atoms with Crippen LogP contribution < -0.4 is 10.1 Å². The van der Waals surface area contributed by atoms with E-state index in [-0.39, 0.29) is 16.6 Å². The van der Waals surface area contributed by atoms with Crippen LogP contribution in [0.15, 0.2) is 39.4 Å². The van der Waals surface area contributed by atoms with Gasteiger partial charge in [-0.1, -0.05) is 11.3 Å². The van der Waals surface area contributed by atoms with Gasteiger partial charge in [0.15, 0.2) is 15.6 Å². The number of aromatic nitrogens is 1. The van der Waals surface area contributed by atoms with Gasteiger partial charge in [0.2, 0.25) is 0 Å². The van der Waals surface area contributed by atoms with Gasteiger partial charge in [0.1, 0.15) is 5.75 Å². The minimum absolute atomic E-state index is 0.0808. The van der Waals surface area contributed by atoms with Crippen molar-refractivity contribution in [3.8, 4) is 5.75 Å². The molecule has 1 aromatic carbocycles. The number of hydrogen-bond donors (Lipinski definition) is 1. The summed E-state index contributed by atoms with van der Waals surface area (Å²) in [6, 6.07) is 6.78. The maximum absolute atomic E-state index is 12.2. The first kappa shape index (κ1) is 15.8. The van der Waals surface area contributed by atoms with Crippen molar-refractivity contribution in [3.63, 3.8) is 0 Å². The first-order valence-electron chi connectivity index (χ1n) is 6.03. The van der Waals surface area contributed by atoms with E-state index in [0.29, 0.717) is 14.9 Å². The molecule has 3 rings (SSSR count). The number of carbonyl (C=O) groups is 1. The van der Waals surface area contributed by atoms with Crippen LogP contribution in [-0.2, 0) is 0 Å². The molecule has 5 nitrogen and oxygen atoms in total. The van der Waals surface area contributed by atoms with Crippen LogP contribution >= 0.6 is 27.3 Å². The Kier molecular flexibility index (Phi) is 4.02. The predicted octanol–water partition coefficient (Wildman–Crippen LogP) is 4.80. The van der Waals surface area contributed by atoms with Crippen molar-refractivity contribution < 1.29 is 27.1 Å². The highest BCUT2D eigenvalue weighted by atomic mass is 79.9. The fourth-order valence-corrected chi connectivity index (χ4v) is 2.95. The Morgan fingerprint density at radius 3 is 2.74 bits per heavy atom. The van der Waals surface area contributed by atoms with Crippen molar-refractivity contribution in [2.45, 2.75) is 6.36 Å². The summed E-state index contributed by atoms with van der Waals surface area (Å²) in [5.41, 5.74) is 0.445. The maximum atomic E-state index is 12.2. The average Bonchev–Trinajstić information content (AvgIpc) is 3.02. The number of halogens is 4. The molecule has 120 valence electrons. The lowest BCUT2D eigenvalue weighted by molar-refractivity contribution is -0.274. The summed E-state index contributed by atoms with van der Waals surface area (Å²) in [6.45, 7) is 0. The van der Waals surface area contributed by atoms with E-state index < -0.39 is 12.3 Å². The van der Waals surface area contributed by atoms with E-state index >= 15 is 0 Å². The second kappa shape index (κ2) is 5.85. The molecule has 0 saturated carbocycles. The van der Waals surface area contributed by atoms with Crippen molar-refractivity contribution in [1.82, 2.24) is 4.98 Å². The molecule has 23 heavy (non-hydrogen) atoms. The lowest BCUT2D eigenvalue weighted by Gasteiger charge is -2.07. The van der Waals surface area contributed by atoms with Gasteiger partial charge in [-0.3, -0.25) is 10.1 Å². The molecule has 0 aliphatic rings. The Morgan fingerprint density at radius 1 is 1.30 bits per heavy atom. The van der Waals surface area contributed by atoms with E-state index in [2.05, 4.69) is 31.0 Å². The second-order valence-corrected chi connectivity index (χ2v) is 6.07. The summed E-state index contributed by atoms with van der Waals surface area (Å²) in [5.74, 6) is -0.778. The van der Waals surface area contributed by atoms with E-state index in [1.807, 2.05) is 0 Å². The van der Waals surface area contributed by atoms with Gasteiger partial charge in [0.05, 0.1) is 10.2 Å². The quantitative estimate of drug-likeness (QED) is 0.678. The van der Waals surface area contributed by atoms with E-state index in [1.165, 1.54) is 18.2 Å². The summed E-state index contributed by atoms with van der Waals surface area (Å²) >= 11 is 4.10. The monoisotopic (exact) mass is 406 g/mol. The predicted molar refractivity (Wildman–Crippen MR) is 80.7 cm³/mol. The number of fused-ring (bicyclic) bond motifs is 1. The van der Waals surface area contributed by atoms with Crippen LogP contribution in [-0.4, -0.2) is 17.3 Å². The molecule has 0 bridgehead atoms. The SMILES string of the molecule is O=C(Nc1nc2ccc(OC(F)(F)F)cc2s1)c1ccc(Br)o1. The lowest BCUT2D eigenvalue weighted by atomic mass is 10.3. The van der Waals surface area contributed by atoms with Gasteiger partial charge in [-0.15, -0.1) is 13.2 Å². The first-order valence-corrected chi connectivity index (χ1v) is 7.64. The number of furan rings is 1. The number of carbonyl (C=O) groups excluding carboxylic acids is 1. The summed E-state index contributed by atoms with van der Waals surface area (Å²) < 4.78 is 46.4. The zero-order valence-corrected chi connectivity index (χ0v) is 13.4. The normalized spacial score (nSPS) is 11.7. The molecule has 3 aromatic rings. The number of ether oxygens (including phenoxy) is 1. The number of amides is 1. The number of rotatable bonds is 3. The summed E-state index contributed by atoms with van der Waals surface area (Å²) in [6.07, 6.45) is -4.76. The standard InChI is InChI=1S/C13H6BrF3N2O3S/c14-10-4-3-8(21-10)11(20)19-12-18-7-2-1-6(5-9(7)23-12)22-13(15,16)17/h1-5H,(H,18,19,20). The van der Waals surface area contributed by atoms with Crippen molar-refractivity contribution in [2.75, 3.05) is 5.32 Å². The average molecular weight is 407 g/mol. The Balaban J connectivity index is 1.81. The van der Waals surface area contributed by atoms with Gasteiger partial charge in [0.25, 0.3) is 5.91 Å². The van der Waals surface area contributed by atoms with Crippen LogP contribution in [0.2, 0.25) is 0 Å². The van der Waals surface area contributed by atoms with Crippen molar-refractivity contribution in [2.24, 2.45) is 0 Å². The van der Waals surface area contributed by atoms with Crippen LogP contribution in [0.4, 0.5) is 18.3 Å². The largest absolute Gasteiger partial charge is 0.573 e. The number of nitrogens with one attached hydrogen (secondary N) is 1. The van der Waals surface area contributed by atoms with E-state index in [4.69, 9.17) is 4.42 Å². The fourth-order valence-electron chi connectivity index (χ4n) is 1.75. The molecule has 0 unspecified atom stereocenters. The molecule has 0 radical (unpaired) electrons. The maximum Gasteiger partial charge on any atom is 0.573 e. The van der Waals surface area contributed by atoms with Gasteiger partial charge in [0, 0.05) is 6.07 Å². The third-order valence-electron chi connectivity index (χ3n) is 2.61. The molecule has 0 fully saturated rings. The summed E-state index contributed by atoms with van der Waals surface area (Å²) in [4.78, 5) is 16.0. The van der Waals surface area contributed by atoms with Gasteiger partial charge >= 0.3 is 6.36 Å². The van der Waals surface area contributed by atoms with Crippen LogP contribution in [0.1, 0.15) is 10.6 Å². The minimum Gasteiger partial charge on any atom is -0.444 e. The third-order valence-corrected chi connectivity index (χ3v) is 3.97. The molecule has 2 aromatic heterocycles. The molecule has 2 heterocycles. The summed E-state index contributed by atoms with van der Waals surface area (Å²) in [7, 11) is 0. The second-order valence-electron chi connectivity index (χ2n) is 4.25. The topological polar surface area (TPSA) is 64.4 Å². The van der Waals surface area contributed by atoms with Gasteiger partial charge in [-0.05, 0) is 40.2 Å². The number of anilines is 1. The zero-order valence-electron chi connectivity index (χ0n) is 11.0. The highest BCUT2D eigenvalue weighted by molar-refractivity contribution is 9.10. The molecule has 0 spiro atoms. The third kappa shape index (κ3) is 3.82. The number of nitrogens with zero attached hydrogens (tertiary/aromatic N) is 1. The number of thiazole rings is 1. The Labute approximate surface area is 139 Å². The lowest BCUT2D eigenvalue weighted by Crippen LogP contribution is -2.16. The molecule has 0 aliphatic heterocycles. The van der Waals surface area contributed by atoms with Crippen LogP contribution in [0.5, 0.6) is 5.75 Å².